The molecule has 2 aromatic rings. The summed E-state index contributed by atoms with van der Waals surface area (Å²) in [6, 6.07) is -7.52. The lowest BCUT2D eigenvalue weighted by Crippen LogP contribution is -2.62. The first-order valence-corrected chi connectivity index (χ1v) is 34.2. The SMILES string of the molecule is CC[C@H](C)[C@@H]1NC(=O)CNC(=O)[C@H]2Cc3c([nH]c4c(CN5CC[C@H](CNC(=O)CCCCCNC(=O)C6CCC(CN7C(=O)C=CC7=O)CC6)C5)c(O)ccc34)S(=O)C[C@@H](NC(=O)CNC1=O)C(=O)N[C@@H](CC(N)=O)C(=O)N1C[C@H](O)C[C@H]1C(=O)N[C@@H]([C@H](C)[C@H](O)CO)C(=O)N2. The van der Waals surface area contributed by atoms with Gasteiger partial charge in [-0.25, -0.2) is 0 Å². The minimum Gasteiger partial charge on any atom is -0.508 e. The Bertz CT molecular complexity index is 3340. The van der Waals surface area contributed by atoms with E-state index < -0.39 is 176 Å². The van der Waals surface area contributed by atoms with Crippen LogP contribution in [0.4, 0.5) is 0 Å². The lowest BCUT2D eigenvalue weighted by Gasteiger charge is -2.32. The highest BCUT2D eigenvalue weighted by atomic mass is 32.2. The normalized spacial score (nSPS) is 27.9. The standard InChI is InChI=1S/C63H90N14O18S/c1-4-32(2)53-60(92)68-24-49(84)69-43-31-96(95)62-39(21-41(57(89)67-25-50(85)72-53)70-61(93)54(33(3)46(81)30-78)73-59(91)44-20-37(79)28-76(44)63(94)42(22-47(64)82)71-58(43)90)38-13-14-45(80)40(55(38)74-62)29-75-19-17-35(26-75)23-66-48(83)8-6-5-7-18-65-56(88)36-11-9-34(10-12-36)27-77-51(86)15-16-52(77)87/h13-16,32-37,41-44,46,53-54,74,78-81H,4-12,17-31H2,1-3H3,(H2,64,82)(H,65,88)(H,66,83)(H,67,89)(H,68,92)(H,69,84)(H,70,93)(H,71,90)(H,72,85)(H,73,91)/t32-,33+,34?,35+,36?,37+,41+,42-,43+,44-,46+,53-,54-,96?/m0/s1. The predicted molar refractivity (Wildman–Crippen MR) is 341 cm³/mol. The first kappa shape index (κ1) is 73.4. The van der Waals surface area contributed by atoms with Crippen LogP contribution in [0.2, 0.25) is 0 Å². The second kappa shape index (κ2) is 33.5. The summed E-state index contributed by atoms with van der Waals surface area (Å²) in [4.78, 5) is 185. The third-order valence-electron chi connectivity index (χ3n) is 19.1. The molecule has 13 amide bonds. The summed E-state index contributed by atoms with van der Waals surface area (Å²) in [5.74, 6) is -13.3. The number of imide groups is 1. The Balaban J connectivity index is 1.03. The molecule has 0 radical (unpaired) electrons. The van der Waals surface area contributed by atoms with E-state index in [0.717, 1.165) is 17.7 Å². The topological polar surface area (TPSA) is 480 Å². The van der Waals surface area contributed by atoms with E-state index in [1.807, 2.05) is 4.90 Å². The molecule has 8 rings (SSSR count). The summed E-state index contributed by atoms with van der Waals surface area (Å²) in [6.45, 7) is 3.77. The van der Waals surface area contributed by atoms with Crippen molar-refractivity contribution in [3.8, 4) is 5.75 Å². The average Bonchev–Trinajstić information content (AvgIpc) is 1.60. The van der Waals surface area contributed by atoms with E-state index in [1.54, 1.807) is 13.8 Å². The maximum absolute atomic E-state index is 15.4. The third-order valence-corrected chi connectivity index (χ3v) is 20.5. The number of carbonyl (C=O) groups is 13. The Hall–Kier alpha value is -8.40. The summed E-state index contributed by atoms with van der Waals surface area (Å²) in [7, 11) is -2.51. The summed E-state index contributed by atoms with van der Waals surface area (Å²) in [5.41, 5.74) is 6.10. The van der Waals surface area contributed by atoms with E-state index in [0.29, 0.717) is 77.7 Å². The monoisotopic (exact) mass is 1360 g/mol. The molecule has 33 heteroatoms. The van der Waals surface area contributed by atoms with Crippen molar-refractivity contribution < 1.29 is 87.0 Å². The summed E-state index contributed by atoms with van der Waals surface area (Å²) in [5, 5.41) is 67.2. The fourth-order valence-electron chi connectivity index (χ4n) is 13.2. The number of benzene rings is 1. The number of fused-ring (bicyclic) bond motifs is 5. The minimum absolute atomic E-state index is 0.0205. The molecule has 5 aliphatic heterocycles. The number of carbonyl (C=O) groups excluding carboxylic acids is 13. The number of aliphatic hydroxyl groups excluding tert-OH is 3. The maximum Gasteiger partial charge on any atom is 0.253 e. The number of nitrogens with two attached hydrogens (primary N) is 1. The second-order valence-corrected chi connectivity index (χ2v) is 27.5. The summed E-state index contributed by atoms with van der Waals surface area (Å²) >= 11 is 0. The summed E-state index contributed by atoms with van der Waals surface area (Å²) in [6.07, 6.45) is 3.55. The van der Waals surface area contributed by atoms with Gasteiger partial charge >= 0.3 is 0 Å². The van der Waals surface area contributed by atoms with Crippen molar-refractivity contribution in [3.63, 3.8) is 0 Å². The van der Waals surface area contributed by atoms with Gasteiger partial charge in [-0.05, 0) is 86.9 Å². The number of rotatable bonds is 20. The van der Waals surface area contributed by atoms with Crippen LogP contribution in [0, 0.1) is 29.6 Å². The van der Waals surface area contributed by atoms with Crippen LogP contribution in [0.3, 0.4) is 0 Å². The van der Waals surface area contributed by atoms with Crippen LogP contribution in [0.15, 0.2) is 29.3 Å². The van der Waals surface area contributed by atoms with Gasteiger partial charge in [0.05, 0.1) is 60.4 Å². The fourth-order valence-corrected chi connectivity index (χ4v) is 14.6. The van der Waals surface area contributed by atoms with Gasteiger partial charge in [-0.1, -0.05) is 33.6 Å². The molecule has 1 unspecified atom stereocenters. The fraction of sp³-hybridized carbons (Fsp3) is 0.635. The number of nitrogens with zero attached hydrogens (tertiary/aromatic N) is 3. The number of likely N-dealkylation sites (tertiary alicyclic amines) is 1. The second-order valence-electron chi connectivity index (χ2n) is 26.0. The Labute approximate surface area is 556 Å². The lowest BCUT2D eigenvalue weighted by molar-refractivity contribution is -0.144. The number of aliphatic hydroxyl groups is 3. The Morgan fingerprint density at radius 3 is 2.16 bits per heavy atom. The van der Waals surface area contributed by atoms with Gasteiger partial charge < -0.3 is 83.9 Å². The number of primary amides is 1. The van der Waals surface area contributed by atoms with Crippen molar-refractivity contribution in [3.05, 3.63) is 35.4 Å². The van der Waals surface area contributed by atoms with E-state index in [-0.39, 0.29) is 87.2 Å². The van der Waals surface area contributed by atoms with Crippen LogP contribution < -0.4 is 53.6 Å². The van der Waals surface area contributed by atoms with Crippen LogP contribution in [0.25, 0.3) is 10.9 Å². The van der Waals surface area contributed by atoms with Gasteiger partial charge in [0.1, 0.15) is 47.0 Å². The molecule has 6 heterocycles. The zero-order chi connectivity index (χ0) is 69.7. The number of hydrogen-bond donors (Lipinski definition) is 15. The number of aromatic nitrogens is 1. The van der Waals surface area contributed by atoms with Gasteiger partial charge in [0.25, 0.3) is 11.8 Å². The van der Waals surface area contributed by atoms with Gasteiger partial charge in [-0.2, -0.15) is 0 Å². The molecular formula is C63H90N14O18S. The third kappa shape index (κ3) is 18.8. The molecule has 3 fully saturated rings. The van der Waals surface area contributed by atoms with Crippen LogP contribution in [0.1, 0.15) is 109 Å². The zero-order valence-corrected chi connectivity index (χ0v) is 54.9. The average molecular weight is 1360 g/mol. The van der Waals surface area contributed by atoms with Crippen molar-refractivity contribution in [2.75, 3.05) is 64.7 Å². The zero-order valence-electron chi connectivity index (χ0n) is 54.1. The van der Waals surface area contributed by atoms with Crippen LogP contribution in [-0.2, 0) is 86.1 Å². The molecule has 16 N–H and O–H groups in total. The number of unbranched alkanes of at least 4 members (excludes halogenated alkanes) is 2. The van der Waals surface area contributed by atoms with Crippen molar-refractivity contribution in [1.82, 2.24) is 67.5 Å². The number of phenols is 1. The number of H-pyrrole nitrogens is 1. The minimum atomic E-state index is -2.51. The number of aromatic amines is 1. The van der Waals surface area contributed by atoms with E-state index >= 15 is 4.21 Å². The van der Waals surface area contributed by atoms with E-state index in [1.165, 1.54) is 36.1 Å². The van der Waals surface area contributed by atoms with E-state index in [4.69, 9.17) is 5.73 Å². The molecule has 2 saturated heterocycles. The lowest BCUT2D eigenvalue weighted by atomic mass is 9.81. The van der Waals surface area contributed by atoms with Gasteiger partial charge in [0, 0.05) is 93.5 Å². The number of phenolic OH excluding ortho intramolecular Hbond substituents is 1. The molecule has 32 nitrogen and oxygen atoms in total. The Kier molecular flexibility index (Phi) is 25.6. The van der Waals surface area contributed by atoms with Crippen LogP contribution in [0.5, 0.6) is 5.75 Å². The number of hydrogen-bond acceptors (Lipinski definition) is 19. The first-order valence-electron chi connectivity index (χ1n) is 32.9. The quantitative estimate of drug-likeness (QED) is 0.0438. The van der Waals surface area contributed by atoms with Crippen molar-refractivity contribution in [2.45, 2.75) is 164 Å². The molecule has 96 heavy (non-hydrogen) atoms. The highest BCUT2D eigenvalue weighted by molar-refractivity contribution is 7.85. The Morgan fingerprint density at radius 2 is 1.47 bits per heavy atom. The smallest absolute Gasteiger partial charge is 0.253 e. The first-order chi connectivity index (χ1) is 45.7. The van der Waals surface area contributed by atoms with E-state index in [2.05, 4.69) is 52.8 Å². The molecule has 0 spiro atoms. The maximum atomic E-state index is 15.4. The molecular weight excluding hydrogens is 1270 g/mol. The molecule has 12 atom stereocenters. The largest absolute Gasteiger partial charge is 0.508 e. The van der Waals surface area contributed by atoms with Gasteiger partial charge in [-0.15, -0.1) is 0 Å². The molecule has 1 saturated carbocycles. The molecule has 526 valence electrons. The highest BCUT2D eigenvalue weighted by Crippen LogP contribution is 2.36. The van der Waals surface area contributed by atoms with Crippen molar-refractivity contribution in [2.24, 2.45) is 35.3 Å². The molecule has 1 aromatic carbocycles. The molecule has 2 bridgehead atoms. The number of nitrogens with one attached hydrogen (secondary N) is 10. The highest BCUT2D eigenvalue weighted by Gasteiger charge is 2.46. The van der Waals surface area contributed by atoms with Crippen molar-refractivity contribution in [1.29, 1.82) is 0 Å². The van der Waals surface area contributed by atoms with Gasteiger partial charge in [0.2, 0.25) is 65.0 Å². The van der Waals surface area contributed by atoms with Crippen LogP contribution >= 0.6 is 0 Å². The Morgan fingerprint density at radius 1 is 0.771 bits per heavy atom. The molecule has 6 aliphatic rings. The molecule has 1 aliphatic carbocycles. The predicted octanol–water partition coefficient (Wildman–Crippen LogP) is -4.57. The van der Waals surface area contributed by atoms with Crippen LogP contribution in [-0.4, -0.2) is 234 Å². The number of amides is 13. The van der Waals surface area contributed by atoms with Crippen molar-refractivity contribution >= 4 is 98.5 Å². The number of aromatic hydroxyl groups is 1. The summed E-state index contributed by atoms with van der Waals surface area (Å²) < 4.78 is 15.4. The van der Waals surface area contributed by atoms with Gasteiger partial charge in [-0.3, -0.25) is 76.3 Å². The molecule has 1 aromatic heterocycles. The van der Waals surface area contributed by atoms with Gasteiger partial charge in [0.15, 0.2) is 0 Å². The van der Waals surface area contributed by atoms with E-state index in [9.17, 15) is 82.8 Å².